The van der Waals surface area contributed by atoms with Crippen LogP contribution in [0.5, 0.6) is 5.75 Å². The summed E-state index contributed by atoms with van der Waals surface area (Å²) in [5.74, 6) is 0.666. The van der Waals surface area contributed by atoms with Gasteiger partial charge in [-0.2, -0.15) is 0 Å². The number of hydrogen-bond acceptors (Lipinski definition) is 5. The van der Waals surface area contributed by atoms with Crippen LogP contribution in [0.2, 0.25) is 0 Å². The normalized spacial score (nSPS) is 18.1. The van der Waals surface area contributed by atoms with Gasteiger partial charge in [0, 0.05) is 18.0 Å². The Kier molecular flexibility index (Phi) is 5.18. The molecule has 6 nitrogen and oxygen atoms in total. The molecule has 0 amide bonds. The van der Waals surface area contributed by atoms with Crippen molar-refractivity contribution in [1.29, 1.82) is 0 Å². The first-order valence-electron chi connectivity index (χ1n) is 8.47. The minimum atomic E-state index is -0.690. The van der Waals surface area contributed by atoms with Crippen LogP contribution in [0.4, 0.5) is 0 Å². The molecular formula is C18H25N3O3. The topological polar surface area (TPSA) is 88.6 Å². The third kappa shape index (κ3) is 3.77. The Balaban J connectivity index is 1.65. The summed E-state index contributed by atoms with van der Waals surface area (Å²) >= 11 is 0. The van der Waals surface area contributed by atoms with Crippen LogP contribution in [-0.4, -0.2) is 53.3 Å². The van der Waals surface area contributed by atoms with E-state index in [2.05, 4.69) is 22.2 Å². The Bertz CT molecular complexity index is 751. The SMILES string of the molecule is CN1CCC(CNCC(O)c2ccc(O)c3[nH]c(=O)ccc23)CC1. The van der Waals surface area contributed by atoms with Gasteiger partial charge in [-0.25, -0.2) is 0 Å². The van der Waals surface area contributed by atoms with E-state index in [-0.39, 0.29) is 11.3 Å². The number of phenols is 1. The van der Waals surface area contributed by atoms with Gasteiger partial charge in [-0.15, -0.1) is 0 Å². The van der Waals surface area contributed by atoms with Crippen molar-refractivity contribution in [3.8, 4) is 5.75 Å². The van der Waals surface area contributed by atoms with Crippen molar-refractivity contribution >= 4 is 10.9 Å². The number of fused-ring (bicyclic) bond motifs is 1. The van der Waals surface area contributed by atoms with E-state index in [9.17, 15) is 15.0 Å². The van der Waals surface area contributed by atoms with E-state index in [0.29, 0.717) is 28.9 Å². The van der Waals surface area contributed by atoms with Crippen molar-refractivity contribution in [3.05, 3.63) is 40.2 Å². The lowest BCUT2D eigenvalue weighted by atomic mass is 9.97. The van der Waals surface area contributed by atoms with Crippen LogP contribution in [0.3, 0.4) is 0 Å². The fourth-order valence-electron chi connectivity index (χ4n) is 3.35. The molecule has 1 saturated heterocycles. The van der Waals surface area contributed by atoms with Crippen LogP contribution in [0.25, 0.3) is 10.9 Å². The van der Waals surface area contributed by atoms with Gasteiger partial charge in [0.2, 0.25) is 5.56 Å². The molecular weight excluding hydrogens is 306 g/mol. The predicted molar refractivity (Wildman–Crippen MR) is 94.3 cm³/mol. The predicted octanol–water partition coefficient (Wildman–Crippen LogP) is 1.20. The lowest BCUT2D eigenvalue weighted by Crippen LogP contribution is -2.36. The summed E-state index contributed by atoms with van der Waals surface area (Å²) in [5, 5.41) is 24.4. The van der Waals surface area contributed by atoms with E-state index in [4.69, 9.17) is 0 Å². The van der Waals surface area contributed by atoms with Crippen molar-refractivity contribution in [2.75, 3.05) is 33.2 Å². The summed E-state index contributed by atoms with van der Waals surface area (Å²) in [6.45, 7) is 3.61. The average molecular weight is 331 g/mol. The second-order valence-corrected chi connectivity index (χ2v) is 6.71. The van der Waals surface area contributed by atoms with Crippen molar-refractivity contribution < 1.29 is 10.2 Å². The molecule has 0 bridgehead atoms. The number of pyridine rings is 1. The smallest absolute Gasteiger partial charge is 0.248 e. The number of benzene rings is 1. The summed E-state index contributed by atoms with van der Waals surface area (Å²) in [5.41, 5.74) is 0.800. The molecule has 2 aromatic rings. The van der Waals surface area contributed by atoms with E-state index in [0.717, 1.165) is 19.6 Å². The van der Waals surface area contributed by atoms with Crippen molar-refractivity contribution in [2.24, 2.45) is 5.92 Å². The molecule has 6 heteroatoms. The molecule has 1 unspecified atom stereocenters. The zero-order valence-electron chi connectivity index (χ0n) is 14.0. The third-order valence-electron chi connectivity index (χ3n) is 4.87. The maximum atomic E-state index is 11.4. The standard InChI is InChI=1S/C18H25N3O3/c1-21-8-6-12(7-9-21)10-19-11-16(23)13-2-4-15(22)18-14(13)3-5-17(24)20-18/h2-5,12,16,19,22-23H,6-11H2,1H3,(H,20,24). The second-order valence-electron chi connectivity index (χ2n) is 6.71. The van der Waals surface area contributed by atoms with Gasteiger partial charge in [-0.3, -0.25) is 4.79 Å². The van der Waals surface area contributed by atoms with Crippen LogP contribution < -0.4 is 10.9 Å². The number of aromatic nitrogens is 1. The van der Waals surface area contributed by atoms with E-state index in [1.54, 1.807) is 12.1 Å². The minimum absolute atomic E-state index is 0.0120. The second kappa shape index (κ2) is 7.34. The number of piperidine rings is 1. The van der Waals surface area contributed by atoms with E-state index in [1.165, 1.54) is 25.0 Å². The van der Waals surface area contributed by atoms with Gasteiger partial charge in [0.15, 0.2) is 0 Å². The Morgan fingerprint density at radius 2 is 2.04 bits per heavy atom. The molecule has 0 radical (unpaired) electrons. The Morgan fingerprint density at radius 1 is 1.29 bits per heavy atom. The number of likely N-dealkylation sites (tertiary alicyclic amines) is 1. The number of aromatic hydroxyl groups is 1. The number of nitrogens with one attached hydrogen (secondary N) is 2. The van der Waals surface area contributed by atoms with Crippen LogP contribution in [0, 0.1) is 5.92 Å². The van der Waals surface area contributed by atoms with Gasteiger partial charge in [0.25, 0.3) is 0 Å². The first kappa shape index (κ1) is 17.0. The molecule has 24 heavy (non-hydrogen) atoms. The summed E-state index contributed by atoms with van der Waals surface area (Å²) in [7, 11) is 2.15. The number of phenolic OH excluding ortho intramolecular Hbond substituents is 1. The van der Waals surface area contributed by atoms with Gasteiger partial charge >= 0.3 is 0 Å². The monoisotopic (exact) mass is 331 g/mol. The van der Waals surface area contributed by atoms with Gasteiger partial charge in [-0.1, -0.05) is 6.07 Å². The molecule has 4 N–H and O–H groups in total. The number of aromatic amines is 1. The zero-order valence-corrected chi connectivity index (χ0v) is 14.0. The number of nitrogens with zero attached hydrogens (tertiary/aromatic N) is 1. The molecule has 0 saturated carbocycles. The van der Waals surface area contributed by atoms with Crippen LogP contribution in [0.15, 0.2) is 29.1 Å². The summed E-state index contributed by atoms with van der Waals surface area (Å²) in [6, 6.07) is 6.26. The van der Waals surface area contributed by atoms with Gasteiger partial charge in [-0.05, 0) is 63.1 Å². The number of aliphatic hydroxyl groups excluding tert-OH is 1. The quantitative estimate of drug-likeness (QED) is 0.661. The summed E-state index contributed by atoms with van der Waals surface area (Å²) in [4.78, 5) is 16.4. The van der Waals surface area contributed by atoms with Crippen LogP contribution in [-0.2, 0) is 0 Å². The Morgan fingerprint density at radius 3 is 2.79 bits per heavy atom. The molecule has 1 fully saturated rings. The third-order valence-corrected chi connectivity index (χ3v) is 4.87. The van der Waals surface area contributed by atoms with Crippen molar-refractivity contribution in [1.82, 2.24) is 15.2 Å². The number of rotatable bonds is 5. The highest BCUT2D eigenvalue weighted by molar-refractivity contribution is 5.87. The van der Waals surface area contributed by atoms with Gasteiger partial charge in [0.05, 0.1) is 11.6 Å². The van der Waals surface area contributed by atoms with E-state index < -0.39 is 6.10 Å². The first-order valence-corrected chi connectivity index (χ1v) is 8.47. The highest BCUT2D eigenvalue weighted by atomic mass is 16.3. The Hall–Kier alpha value is -1.89. The van der Waals surface area contributed by atoms with Crippen molar-refractivity contribution in [3.63, 3.8) is 0 Å². The minimum Gasteiger partial charge on any atom is -0.506 e. The lowest BCUT2D eigenvalue weighted by molar-refractivity contribution is 0.166. The molecule has 1 aromatic carbocycles. The zero-order chi connectivity index (χ0) is 17.1. The number of hydrogen-bond donors (Lipinski definition) is 4. The Labute approximate surface area is 141 Å². The number of H-pyrrole nitrogens is 1. The highest BCUT2D eigenvalue weighted by Gasteiger charge is 2.18. The molecule has 3 rings (SSSR count). The van der Waals surface area contributed by atoms with Crippen LogP contribution in [0.1, 0.15) is 24.5 Å². The molecule has 1 aliphatic heterocycles. The summed E-state index contributed by atoms with van der Waals surface area (Å²) in [6.07, 6.45) is 1.68. The molecule has 130 valence electrons. The van der Waals surface area contributed by atoms with E-state index in [1.807, 2.05) is 0 Å². The molecule has 1 aliphatic rings. The largest absolute Gasteiger partial charge is 0.506 e. The summed E-state index contributed by atoms with van der Waals surface area (Å²) < 4.78 is 0. The fraction of sp³-hybridized carbons (Fsp3) is 0.500. The highest BCUT2D eigenvalue weighted by Crippen LogP contribution is 2.28. The molecule has 0 aliphatic carbocycles. The van der Waals surface area contributed by atoms with Crippen molar-refractivity contribution in [2.45, 2.75) is 18.9 Å². The molecule has 0 spiro atoms. The van der Waals surface area contributed by atoms with E-state index >= 15 is 0 Å². The van der Waals surface area contributed by atoms with Crippen LogP contribution >= 0.6 is 0 Å². The fourth-order valence-corrected chi connectivity index (χ4v) is 3.35. The van der Waals surface area contributed by atoms with Gasteiger partial charge < -0.3 is 25.4 Å². The molecule has 2 heterocycles. The lowest BCUT2D eigenvalue weighted by Gasteiger charge is -2.29. The molecule has 1 aromatic heterocycles. The number of aliphatic hydroxyl groups is 1. The maximum absolute atomic E-state index is 11.4. The molecule has 1 atom stereocenters. The first-order chi connectivity index (χ1) is 11.5. The maximum Gasteiger partial charge on any atom is 0.248 e. The van der Waals surface area contributed by atoms with Gasteiger partial charge in [0.1, 0.15) is 5.75 Å². The average Bonchev–Trinajstić information content (AvgIpc) is 2.57.